The van der Waals surface area contributed by atoms with Gasteiger partial charge in [0.05, 0.1) is 17.8 Å². The van der Waals surface area contributed by atoms with Gasteiger partial charge in [-0.1, -0.05) is 41.4 Å². The highest BCUT2D eigenvalue weighted by Crippen LogP contribution is 2.24. The van der Waals surface area contributed by atoms with Crippen LogP contribution < -0.4 is 5.32 Å². The molecular formula is C20H18ClN3O3S. The first-order valence-corrected chi connectivity index (χ1v) is 9.80. The predicted octanol–water partition coefficient (Wildman–Crippen LogP) is 4.28. The normalized spacial score (nSPS) is 11.7. The second kappa shape index (κ2) is 8.95. The number of anilines is 1. The molecule has 1 amide bonds. The lowest BCUT2D eigenvalue weighted by atomic mass is 10.2. The smallest absolute Gasteiger partial charge is 0.312 e. The number of thiazole rings is 1. The van der Waals surface area contributed by atoms with Gasteiger partial charge in [0.1, 0.15) is 5.01 Å². The van der Waals surface area contributed by atoms with Crippen LogP contribution >= 0.6 is 22.9 Å². The molecule has 144 valence electrons. The quantitative estimate of drug-likeness (QED) is 0.480. The van der Waals surface area contributed by atoms with E-state index in [1.54, 1.807) is 12.1 Å². The molecule has 28 heavy (non-hydrogen) atoms. The molecule has 1 atom stereocenters. The van der Waals surface area contributed by atoms with Gasteiger partial charge in [-0.05, 0) is 26.0 Å². The van der Waals surface area contributed by atoms with E-state index in [0.29, 0.717) is 11.4 Å². The molecule has 1 N–H and O–H groups in total. The molecule has 0 aliphatic rings. The lowest BCUT2D eigenvalue weighted by Gasteiger charge is -2.13. The molecule has 0 radical (unpaired) electrons. The van der Waals surface area contributed by atoms with Crippen LogP contribution in [0.4, 0.5) is 5.69 Å². The Hall–Kier alpha value is -2.77. The number of halogens is 1. The second-order valence-corrected chi connectivity index (χ2v) is 7.37. The fraction of sp³-hybridized carbons (Fsp3) is 0.200. The third kappa shape index (κ3) is 5.15. The van der Waals surface area contributed by atoms with Gasteiger partial charge < -0.3 is 10.1 Å². The number of pyridine rings is 1. The summed E-state index contributed by atoms with van der Waals surface area (Å²) in [5.74, 6) is -1.01. The number of aryl methyl sites for hydroxylation is 1. The van der Waals surface area contributed by atoms with E-state index in [9.17, 15) is 9.59 Å². The van der Waals surface area contributed by atoms with Crippen LogP contribution in [-0.2, 0) is 20.7 Å². The molecule has 0 bridgehead atoms. The van der Waals surface area contributed by atoms with E-state index >= 15 is 0 Å². The number of amides is 1. The van der Waals surface area contributed by atoms with Crippen LogP contribution in [0.1, 0.15) is 18.2 Å². The molecule has 1 aromatic carbocycles. The molecule has 2 heterocycles. The largest absolute Gasteiger partial charge is 0.452 e. The highest BCUT2D eigenvalue weighted by Gasteiger charge is 2.20. The zero-order valence-electron chi connectivity index (χ0n) is 15.3. The van der Waals surface area contributed by atoms with Crippen molar-refractivity contribution in [1.29, 1.82) is 0 Å². The number of nitrogens with one attached hydrogen (secondary N) is 1. The number of carbonyl (C=O) groups excluding carboxylic acids is 2. The summed E-state index contributed by atoms with van der Waals surface area (Å²) >= 11 is 7.37. The van der Waals surface area contributed by atoms with Gasteiger partial charge in [0.2, 0.25) is 0 Å². The molecule has 8 heteroatoms. The van der Waals surface area contributed by atoms with E-state index < -0.39 is 18.0 Å². The maximum absolute atomic E-state index is 12.2. The van der Waals surface area contributed by atoms with Crippen molar-refractivity contribution in [2.45, 2.75) is 26.4 Å². The Balaban J connectivity index is 1.56. The molecule has 0 unspecified atom stereocenters. The van der Waals surface area contributed by atoms with Crippen molar-refractivity contribution in [3.8, 4) is 10.6 Å². The molecule has 0 saturated carbocycles. The van der Waals surface area contributed by atoms with Crippen molar-refractivity contribution in [2.75, 3.05) is 5.32 Å². The van der Waals surface area contributed by atoms with Gasteiger partial charge in [0, 0.05) is 17.1 Å². The van der Waals surface area contributed by atoms with Crippen molar-refractivity contribution in [1.82, 2.24) is 9.97 Å². The third-order valence-electron chi connectivity index (χ3n) is 3.87. The van der Waals surface area contributed by atoms with Crippen molar-refractivity contribution in [2.24, 2.45) is 0 Å². The minimum absolute atomic E-state index is 0.00632. The van der Waals surface area contributed by atoms with Gasteiger partial charge in [-0.25, -0.2) is 9.97 Å². The SMILES string of the molecule is Cc1ccc(-c2nc(CC(=O)O[C@@H](C)C(=O)Nc3cccnc3Cl)cs2)cc1. The van der Waals surface area contributed by atoms with Crippen molar-refractivity contribution in [3.05, 3.63) is 64.4 Å². The van der Waals surface area contributed by atoms with E-state index in [1.165, 1.54) is 30.0 Å². The Morgan fingerprint density at radius 1 is 1.25 bits per heavy atom. The number of hydrogen-bond donors (Lipinski definition) is 1. The van der Waals surface area contributed by atoms with Crippen LogP contribution in [-0.4, -0.2) is 27.9 Å². The lowest BCUT2D eigenvalue weighted by molar-refractivity contribution is -0.152. The summed E-state index contributed by atoms with van der Waals surface area (Å²) in [6, 6.07) is 11.3. The van der Waals surface area contributed by atoms with Crippen LogP contribution in [0, 0.1) is 6.92 Å². The Kier molecular flexibility index (Phi) is 6.38. The number of benzene rings is 1. The first-order valence-electron chi connectivity index (χ1n) is 8.54. The Bertz CT molecular complexity index is 988. The molecular weight excluding hydrogens is 398 g/mol. The number of rotatable bonds is 6. The molecule has 3 rings (SSSR count). The molecule has 3 aromatic rings. The van der Waals surface area contributed by atoms with Crippen LogP contribution in [0.25, 0.3) is 10.6 Å². The van der Waals surface area contributed by atoms with Gasteiger partial charge in [-0.2, -0.15) is 0 Å². The third-order valence-corrected chi connectivity index (χ3v) is 5.11. The van der Waals surface area contributed by atoms with Crippen molar-refractivity contribution >= 4 is 40.5 Å². The van der Waals surface area contributed by atoms with Gasteiger partial charge in [0.25, 0.3) is 5.91 Å². The number of aromatic nitrogens is 2. The first kappa shape index (κ1) is 20.0. The Labute approximate surface area is 171 Å². The van der Waals surface area contributed by atoms with Crippen LogP contribution in [0.2, 0.25) is 5.15 Å². The fourth-order valence-electron chi connectivity index (χ4n) is 2.37. The Morgan fingerprint density at radius 3 is 2.71 bits per heavy atom. The lowest BCUT2D eigenvalue weighted by Crippen LogP contribution is -2.30. The maximum Gasteiger partial charge on any atom is 0.312 e. The predicted molar refractivity (Wildman–Crippen MR) is 109 cm³/mol. The van der Waals surface area contributed by atoms with Gasteiger partial charge in [-0.3, -0.25) is 9.59 Å². The second-order valence-electron chi connectivity index (χ2n) is 6.15. The Morgan fingerprint density at radius 2 is 2.00 bits per heavy atom. The molecule has 0 spiro atoms. The summed E-state index contributed by atoms with van der Waals surface area (Å²) in [5, 5.41) is 5.40. The highest BCUT2D eigenvalue weighted by atomic mass is 35.5. The van der Waals surface area contributed by atoms with Gasteiger partial charge in [-0.15, -0.1) is 11.3 Å². The number of esters is 1. The van der Waals surface area contributed by atoms with Crippen LogP contribution in [0.5, 0.6) is 0 Å². The molecule has 0 aliphatic carbocycles. The zero-order valence-corrected chi connectivity index (χ0v) is 16.9. The van der Waals surface area contributed by atoms with E-state index in [2.05, 4.69) is 15.3 Å². The fourth-order valence-corrected chi connectivity index (χ4v) is 3.36. The average Bonchev–Trinajstić information content (AvgIpc) is 3.12. The van der Waals surface area contributed by atoms with E-state index in [-0.39, 0.29) is 11.6 Å². The topological polar surface area (TPSA) is 81.2 Å². The van der Waals surface area contributed by atoms with Crippen molar-refractivity contribution < 1.29 is 14.3 Å². The number of nitrogens with zero attached hydrogens (tertiary/aromatic N) is 2. The summed E-state index contributed by atoms with van der Waals surface area (Å²) in [6.45, 7) is 3.52. The molecule has 0 fully saturated rings. The summed E-state index contributed by atoms with van der Waals surface area (Å²) < 4.78 is 5.21. The minimum atomic E-state index is -0.973. The van der Waals surface area contributed by atoms with Crippen LogP contribution in [0.3, 0.4) is 0 Å². The van der Waals surface area contributed by atoms with Crippen LogP contribution in [0.15, 0.2) is 48.0 Å². The molecule has 0 aliphatic heterocycles. The van der Waals surface area contributed by atoms with Gasteiger partial charge >= 0.3 is 5.97 Å². The van der Waals surface area contributed by atoms with E-state index in [1.807, 2.05) is 36.6 Å². The van der Waals surface area contributed by atoms with E-state index in [0.717, 1.165) is 10.6 Å². The monoisotopic (exact) mass is 415 g/mol. The summed E-state index contributed by atoms with van der Waals surface area (Å²) in [7, 11) is 0. The van der Waals surface area contributed by atoms with E-state index in [4.69, 9.17) is 16.3 Å². The summed E-state index contributed by atoms with van der Waals surface area (Å²) in [4.78, 5) is 32.7. The molecule has 6 nitrogen and oxygen atoms in total. The standard InChI is InChI=1S/C20H18ClN3O3S/c1-12-5-7-14(8-6-12)20-23-15(11-28-20)10-17(25)27-13(2)19(26)24-16-4-3-9-22-18(16)21/h3-9,11,13H,10H2,1-2H3,(H,24,26)/t13-/m0/s1. The average molecular weight is 416 g/mol. The number of ether oxygens (including phenoxy) is 1. The number of carbonyl (C=O) groups is 2. The molecule has 0 saturated heterocycles. The number of hydrogen-bond acceptors (Lipinski definition) is 6. The van der Waals surface area contributed by atoms with Crippen molar-refractivity contribution in [3.63, 3.8) is 0 Å². The summed E-state index contributed by atoms with van der Waals surface area (Å²) in [5.41, 5.74) is 3.13. The first-order chi connectivity index (χ1) is 13.4. The summed E-state index contributed by atoms with van der Waals surface area (Å²) in [6.07, 6.45) is 0.535. The van der Waals surface area contributed by atoms with Gasteiger partial charge in [0.15, 0.2) is 11.3 Å². The maximum atomic E-state index is 12.2. The molecule has 2 aromatic heterocycles. The zero-order chi connectivity index (χ0) is 20.1. The highest BCUT2D eigenvalue weighted by molar-refractivity contribution is 7.13. The minimum Gasteiger partial charge on any atom is -0.452 e.